The molecule has 0 aliphatic carbocycles. The minimum Gasteiger partial charge on any atom is -0.383 e. The first-order chi connectivity index (χ1) is 9.61. The van der Waals surface area contributed by atoms with E-state index in [4.69, 9.17) is 4.74 Å². The number of ether oxygens (including phenoxy) is 1. The molecule has 0 unspecified atom stereocenters. The van der Waals surface area contributed by atoms with Crippen LogP contribution in [0.1, 0.15) is 22.8 Å². The zero-order valence-electron chi connectivity index (χ0n) is 12.6. The Hall–Kier alpha value is -1.72. The predicted octanol–water partition coefficient (Wildman–Crippen LogP) is 1.93. The van der Waals surface area contributed by atoms with Crippen molar-refractivity contribution in [3.63, 3.8) is 0 Å². The maximum absolute atomic E-state index is 5.02. The van der Waals surface area contributed by atoms with Crippen LogP contribution in [0, 0.1) is 20.8 Å². The van der Waals surface area contributed by atoms with E-state index in [9.17, 15) is 0 Å². The van der Waals surface area contributed by atoms with Gasteiger partial charge in [-0.2, -0.15) is 5.10 Å². The molecule has 5 nitrogen and oxygen atoms in total. The highest BCUT2D eigenvalue weighted by Crippen LogP contribution is 2.15. The highest BCUT2D eigenvalue weighted by atomic mass is 16.5. The number of rotatable bonds is 6. The van der Waals surface area contributed by atoms with Crippen molar-refractivity contribution in [2.45, 2.75) is 27.3 Å². The summed E-state index contributed by atoms with van der Waals surface area (Å²) < 4.78 is 6.90. The molecule has 0 amide bonds. The number of nitrogens with one attached hydrogen (secondary N) is 1. The molecule has 20 heavy (non-hydrogen) atoms. The van der Waals surface area contributed by atoms with Crippen molar-refractivity contribution in [3.05, 3.63) is 41.0 Å². The van der Waals surface area contributed by atoms with Gasteiger partial charge in [0.25, 0.3) is 0 Å². The molecule has 0 bridgehead atoms. The lowest BCUT2D eigenvalue weighted by molar-refractivity contribution is 0.199. The van der Waals surface area contributed by atoms with Gasteiger partial charge in [0, 0.05) is 20.2 Å². The van der Waals surface area contributed by atoms with Crippen LogP contribution in [0.2, 0.25) is 0 Å². The summed E-state index contributed by atoms with van der Waals surface area (Å²) in [4.78, 5) is 4.34. The summed E-state index contributed by atoms with van der Waals surface area (Å²) in [6.07, 6.45) is 0. The van der Waals surface area contributed by atoms with Crippen molar-refractivity contribution in [2.75, 3.05) is 20.3 Å². The molecule has 0 saturated heterocycles. The third-order valence-electron chi connectivity index (χ3n) is 3.24. The Morgan fingerprint density at radius 2 is 2.05 bits per heavy atom. The van der Waals surface area contributed by atoms with E-state index in [0.717, 1.165) is 37.0 Å². The van der Waals surface area contributed by atoms with Crippen LogP contribution in [0.25, 0.3) is 5.69 Å². The number of aromatic nitrogens is 3. The van der Waals surface area contributed by atoms with E-state index in [1.165, 1.54) is 11.1 Å². The molecular formula is C15H22N4O. The van der Waals surface area contributed by atoms with Gasteiger partial charge in [0.15, 0.2) is 0 Å². The van der Waals surface area contributed by atoms with Crippen molar-refractivity contribution < 1.29 is 4.74 Å². The van der Waals surface area contributed by atoms with Crippen molar-refractivity contribution in [3.8, 4) is 5.69 Å². The summed E-state index contributed by atoms with van der Waals surface area (Å²) in [5, 5.41) is 7.77. The fraction of sp³-hybridized carbons (Fsp3) is 0.467. The lowest BCUT2D eigenvalue weighted by atomic mass is 10.1. The minimum absolute atomic E-state index is 0.731. The summed E-state index contributed by atoms with van der Waals surface area (Å²) in [6, 6.07) is 6.37. The largest absolute Gasteiger partial charge is 0.383 e. The lowest BCUT2D eigenvalue weighted by Crippen LogP contribution is -2.19. The Labute approximate surface area is 120 Å². The Bertz CT molecular complexity index is 577. The molecule has 1 aromatic heterocycles. The normalized spacial score (nSPS) is 11.0. The molecule has 0 spiro atoms. The highest BCUT2D eigenvalue weighted by Gasteiger charge is 2.07. The standard InChI is InChI=1S/C15H22N4O/c1-11-9-15(19-13(3)17-12(2)18-19)6-5-14(11)10-16-7-8-20-4/h5-6,9,16H,7-8,10H2,1-4H3. The first-order valence-corrected chi connectivity index (χ1v) is 6.81. The van der Waals surface area contributed by atoms with Gasteiger partial charge in [-0.3, -0.25) is 0 Å². The second-order valence-electron chi connectivity index (χ2n) is 4.90. The van der Waals surface area contributed by atoms with Crippen molar-refractivity contribution in [2.24, 2.45) is 0 Å². The van der Waals surface area contributed by atoms with Crippen molar-refractivity contribution in [1.82, 2.24) is 20.1 Å². The molecule has 1 aromatic carbocycles. The van der Waals surface area contributed by atoms with E-state index in [-0.39, 0.29) is 0 Å². The minimum atomic E-state index is 0.731. The Kier molecular flexibility index (Phi) is 4.87. The summed E-state index contributed by atoms with van der Waals surface area (Å²) >= 11 is 0. The van der Waals surface area contributed by atoms with E-state index in [0.29, 0.717) is 0 Å². The van der Waals surface area contributed by atoms with Gasteiger partial charge in [-0.15, -0.1) is 0 Å². The fourth-order valence-corrected chi connectivity index (χ4v) is 2.17. The second kappa shape index (κ2) is 6.63. The van der Waals surface area contributed by atoms with E-state index < -0.39 is 0 Å². The molecule has 1 N–H and O–H groups in total. The van der Waals surface area contributed by atoms with E-state index in [2.05, 4.69) is 40.5 Å². The number of nitrogens with zero attached hydrogens (tertiary/aromatic N) is 3. The van der Waals surface area contributed by atoms with Gasteiger partial charge in [-0.1, -0.05) is 6.07 Å². The molecule has 0 fully saturated rings. The quantitative estimate of drug-likeness (QED) is 0.818. The van der Waals surface area contributed by atoms with Gasteiger partial charge in [0.2, 0.25) is 0 Å². The molecule has 1 heterocycles. The van der Waals surface area contributed by atoms with E-state index >= 15 is 0 Å². The molecule has 5 heteroatoms. The van der Waals surface area contributed by atoms with Gasteiger partial charge in [-0.25, -0.2) is 9.67 Å². The van der Waals surface area contributed by atoms with Crippen LogP contribution in [-0.4, -0.2) is 35.0 Å². The molecule has 0 saturated carbocycles. The van der Waals surface area contributed by atoms with Crippen LogP contribution in [-0.2, 0) is 11.3 Å². The van der Waals surface area contributed by atoms with Crippen LogP contribution < -0.4 is 5.32 Å². The molecule has 0 aliphatic heterocycles. The monoisotopic (exact) mass is 274 g/mol. The van der Waals surface area contributed by atoms with Gasteiger partial charge in [0.05, 0.1) is 12.3 Å². The summed E-state index contributed by atoms with van der Waals surface area (Å²) in [6.45, 7) is 8.44. The molecule has 0 radical (unpaired) electrons. The molecule has 2 aromatic rings. The van der Waals surface area contributed by atoms with Crippen LogP contribution in [0.3, 0.4) is 0 Å². The first-order valence-electron chi connectivity index (χ1n) is 6.81. The lowest BCUT2D eigenvalue weighted by Gasteiger charge is -2.10. The Balaban J connectivity index is 2.11. The number of methoxy groups -OCH3 is 1. The van der Waals surface area contributed by atoms with Crippen molar-refractivity contribution in [1.29, 1.82) is 0 Å². The van der Waals surface area contributed by atoms with Crippen LogP contribution in [0.4, 0.5) is 0 Å². The van der Waals surface area contributed by atoms with Gasteiger partial charge < -0.3 is 10.1 Å². The smallest absolute Gasteiger partial charge is 0.148 e. The Morgan fingerprint density at radius 3 is 2.65 bits per heavy atom. The first kappa shape index (κ1) is 14.7. The number of benzene rings is 1. The Morgan fingerprint density at radius 1 is 1.25 bits per heavy atom. The van der Waals surface area contributed by atoms with Crippen LogP contribution in [0.15, 0.2) is 18.2 Å². The third-order valence-corrected chi connectivity index (χ3v) is 3.24. The summed E-state index contributed by atoms with van der Waals surface area (Å²) in [5.41, 5.74) is 3.60. The van der Waals surface area contributed by atoms with Gasteiger partial charge in [-0.05, 0) is 44.0 Å². The molecular weight excluding hydrogens is 252 g/mol. The number of hydrogen-bond donors (Lipinski definition) is 1. The molecule has 0 aliphatic rings. The summed E-state index contributed by atoms with van der Waals surface area (Å²) in [7, 11) is 1.71. The topological polar surface area (TPSA) is 52.0 Å². The van der Waals surface area contributed by atoms with Crippen LogP contribution >= 0.6 is 0 Å². The van der Waals surface area contributed by atoms with E-state index in [1.54, 1.807) is 7.11 Å². The average Bonchev–Trinajstić information content (AvgIpc) is 2.75. The zero-order chi connectivity index (χ0) is 14.5. The van der Waals surface area contributed by atoms with Crippen molar-refractivity contribution >= 4 is 0 Å². The third kappa shape index (κ3) is 3.43. The molecule has 2 rings (SSSR count). The average molecular weight is 274 g/mol. The highest BCUT2D eigenvalue weighted by molar-refractivity contribution is 5.40. The predicted molar refractivity (Wildman–Crippen MR) is 79.2 cm³/mol. The fourth-order valence-electron chi connectivity index (χ4n) is 2.17. The number of aryl methyl sites for hydroxylation is 3. The van der Waals surface area contributed by atoms with Gasteiger partial charge >= 0.3 is 0 Å². The number of hydrogen-bond acceptors (Lipinski definition) is 4. The zero-order valence-corrected chi connectivity index (χ0v) is 12.6. The summed E-state index contributed by atoms with van der Waals surface area (Å²) in [5.74, 6) is 1.71. The maximum atomic E-state index is 5.02. The second-order valence-corrected chi connectivity index (χ2v) is 4.90. The SMILES string of the molecule is COCCNCc1ccc(-n2nc(C)nc2C)cc1C. The van der Waals surface area contributed by atoms with E-state index in [1.807, 2.05) is 18.5 Å². The van der Waals surface area contributed by atoms with Crippen LogP contribution in [0.5, 0.6) is 0 Å². The van der Waals surface area contributed by atoms with Gasteiger partial charge in [0.1, 0.15) is 11.6 Å². The molecule has 0 atom stereocenters. The molecule has 108 valence electrons. The maximum Gasteiger partial charge on any atom is 0.148 e.